The van der Waals surface area contributed by atoms with Gasteiger partial charge in [0.2, 0.25) is 5.78 Å². The van der Waals surface area contributed by atoms with Crippen molar-refractivity contribution in [3.8, 4) is 5.75 Å². The van der Waals surface area contributed by atoms with Crippen LogP contribution in [0.3, 0.4) is 0 Å². The molecule has 1 N–H and O–H groups in total. The van der Waals surface area contributed by atoms with Gasteiger partial charge in [-0.2, -0.15) is 0 Å². The van der Waals surface area contributed by atoms with Gasteiger partial charge in [-0.3, -0.25) is 4.79 Å². The minimum atomic E-state index is 0. The fourth-order valence-corrected chi connectivity index (χ4v) is 1.73. The van der Waals surface area contributed by atoms with E-state index in [0.717, 1.165) is 0 Å². The summed E-state index contributed by atoms with van der Waals surface area (Å²) in [5.41, 5.74) is 0.434. The van der Waals surface area contributed by atoms with Gasteiger partial charge < -0.3 is 17.5 Å². The van der Waals surface area contributed by atoms with E-state index in [4.69, 9.17) is 0 Å². The molecule has 0 saturated carbocycles. The minimum absolute atomic E-state index is 0. The van der Waals surface area contributed by atoms with E-state index in [9.17, 15) is 9.90 Å². The lowest BCUT2D eigenvalue weighted by atomic mass is 10.1. The van der Waals surface area contributed by atoms with Crippen molar-refractivity contribution in [2.75, 3.05) is 18.3 Å². The van der Waals surface area contributed by atoms with Crippen LogP contribution in [0.15, 0.2) is 24.3 Å². The van der Waals surface area contributed by atoms with E-state index < -0.39 is 0 Å². The molecule has 0 saturated heterocycles. The first-order valence-corrected chi connectivity index (χ1v) is 6.17. The molecule has 0 aliphatic rings. The highest BCUT2D eigenvalue weighted by Gasteiger charge is 2.16. The molecule has 0 spiro atoms. The minimum Gasteiger partial charge on any atom is -1.00 e. The lowest BCUT2D eigenvalue weighted by Crippen LogP contribution is -3.00. The van der Waals surface area contributed by atoms with E-state index in [2.05, 4.69) is 0 Å². The highest BCUT2D eigenvalue weighted by Crippen LogP contribution is 2.16. The van der Waals surface area contributed by atoms with Gasteiger partial charge in [0.05, 0.1) is 18.1 Å². The van der Waals surface area contributed by atoms with Crippen LogP contribution in [0.5, 0.6) is 5.75 Å². The topological polar surface area (TPSA) is 37.3 Å². The number of benzene rings is 1. The van der Waals surface area contributed by atoms with E-state index in [-0.39, 0.29) is 34.8 Å². The summed E-state index contributed by atoms with van der Waals surface area (Å²) in [6.07, 6.45) is 4.02. The molecule has 1 aromatic carbocycles. The Morgan fingerprint density at radius 1 is 1.36 bits per heavy atom. The van der Waals surface area contributed by atoms with Gasteiger partial charge in [-0.05, 0) is 23.0 Å². The summed E-state index contributed by atoms with van der Waals surface area (Å²) < 4.78 is 0. The molecule has 78 valence electrons. The van der Waals surface area contributed by atoms with E-state index in [1.807, 2.05) is 12.5 Å². The molecular formula is C10H13ClO2S. The van der Waals surface area contributed by atoms with Gasteiger partial charge in [-0.15, -0.1) is 0 Å². The molecule has 0 fully saturated rings. The summed E-state index contributed by atoms with van der Waals surface area (Å²) in [6, 6.07) is 6.67. The van der Waals surface area contributed by atoms with Crippen molar-refractivity contribution in [3.05, 3.63) is 29.8 Å². The van der Waals surface area contributed by atoms with Crippen LogP contribution in [-0.4, -0.2) is 29.2 Å². The lowest BCUT2D eigenvalue weighted by Gasteiger charge is -2.00. The van der Waals surface area contributed by atoms with Crippen LogP contribution in [0.25, 0.3) is 0 Å². The SMILES string of the molecule is C[S+](C)CC(=O)c1ccccc1O.[Cl-]. The maximum atomic E-state index is 11.5. The average Bonchev–Trinajstić information content (AvgIpc) is 2.03. The molecule has 0 radical (unpaired) electrons. The molecule has 0 amide bonds. The Labute approximate surface area is 93.1 Å². The number of rotatable bonds is 3. The molecule has 0 heterocycles. The highest BCUT2D eigenvalue weighted by molar-refractivity contribution is 7.96. The molecule has 1 aromatic rings. The van der Waals surface area contributed by atoms with Crippen LogP contribution < -0.4 is 12.4 Å². The van der Waals surface area contributed by atoms with E-state index in [1.54, 1.807) is 18.2 Å². The van der Waals surface area contributed by atoms with Gasteiger partial charge in [0.15, 0.2) is 5.75 Å². The zero-order chi connectivity index (χ0) is 9.84. The first kappa shape index (κ1) is 13.3. The van der Waals surface area contributed by atoms with Gasteiger partial charge in [-0.1, -0.05) is 12.1 Å². The molecule has 2 nitrogen and oxygen atoms in total. The second kappa shape index (κ2) is 5.94. The summed E-state index contributed by atoms with van der Waals surface area (Å²) in [5.74, 6) is 0.613. The van der Waals surface area contributed by atoms with Crippen molar-refractivity contribution in [1.82, 2.24) is 0 Å². The van der Waals surface area contributed by atoms with Crippen molar-refractivity contribution < 1.29 is 22.3 Å². The van der Waals surface area contributed by atoms with Crippen LogP contribution >= 0.6 is 0 Å². The number of ketones is 1. The number of carbonyl (C=O) groups excluding carboxylic acids is 1. The van der Waals surface area contributed by atoms with E-state index in [0.29, 0.717) is 11.3 Å². The molecule has 0 aliphatic heterocycles. The van der Waals surface area contributed by atoms with Crippen molar-refractivity contribution in [1.29, 1.82) is 0 Å². The molecule has 0 aliphatic carbocycles. The van der Waals surface area contributed by atoms with E-state index >= 15 is 0 Å². The van der Waals surface area contributed by atoms with Crippen molar-refractivity contribution in [3.63, 3.8) is 0 Å². The largest absolute Gasteiger partial charge is 1.00 e. The number of hydrogen-bond acceptors (Lipinski definition) is 2. The summed E-state index contributed by atoms with van der Waals surface area (Å²) in [7, 11) is 0.0849. The zero-order valence-corrected chi connectivity index (χ0v) is 9.73. The summed E-state index contributed by atoms with van der Waals surface area (Å²) in [5, 5.41) is 9.38. The molecule has 0 atom stereocenters. The zero-order valence-electron chi connectivity index (χ0n) is 8.16. The maximum absolute atomic E-state index is 11.5. The fraction of sp³-hybridized carbons (Fsp3) is 0.300. The first-order chi connectivity index (χ1) is 6.11. The molecular weight excluding hydrogens is 220 g/mol. The summed E-state index contributed by atoms with van der Waals surface area (Å²) in [4.78, 5) is 11.5. The van der Waals surface area contributed by atoms with Gasteiger partial charge >= 0.3 is 0 Å². The molecule has 0 aromatic heterocycles. The van der Waals surface area contributed by atoms with Gasteiger partial charge in [-0.25, -0.2) is 0 Å². The average molecular weight is 233 g/mol. The van der Waals surface area contributed by atoms with Crippen LogP contribution in [-0.2, 0) is 10.9 Å². The number of aromatic hydroxyl groups is 1. The predicted octanol–water partition coefficient (Wildman–Crippen LogP) is -1.54. The Bertz CT molecular complexity index is 313. The predicted molar refractivity (Wildman–Crippen MR) is 56.5 cm³/mol. The number of phenolic OH excluding ortho intramolecular Hbond substituents is 1. The third-order valence-electron chi connectivity index (χ3n) is 1.62. The van der Waals surface area contributed by atoms with Gasteiger partial charge in [0.25, 0.3) is 0 Å². The first-order valence-electron chi connectivity index (χ1n) is 3.96. The fourth-order valence-electron chi connectivity index (χ4n) is 1.05. The monoisotopic (exact) mass is 232 g/mol. The Balaban J connectivity index is 0.00000169. The molecule has 1 rings (SSSR count). The number of para-hydroxylation sites is 1. The second-order valence-electron chi connectivity index (χ2n) is 3.07. The standard InChI is InChI=1S/C10H12O2S.ClH/c1-13(2)7-10(12)8-5-3-4-6-9(8)11;/h3-6H,7H2,1-2H3;1H. The normalized spacial score (nSPS) is 9.64. The van der Waals surface area contributed by atoms with Crippen LogP contribution in [0, 0.1) is 0 Å². The Hall–Kier alpha value is -0.670. The Morgan fingerprint density at radius 3 is 2.43 bits per heavy atom. The quantitative estimate of drug-likeness (QED) is 0.507. The Kier molecular flexibility index (Phi) is 5.65. The number of Topliss-reactive ketones (excluding diaryl/α,β-unsaturated/α-hetero) is 1. The number of hydrogen-bond donors (Lipinski definition) is 1. The van der Waals surface area contributed by atoms with Crippen LogP contribution in [0.1, 0.15) is 10.4 Å². The second-order valence-corrected chi connectivity index (χ2v) is 5.33. The highest BCUT2D eigenvalue weighted by atomic mass is 35.5. The van der Waals surface area contributed by atoms with Crippen molar-refractivity contribution >= 4 is 16.7 Å². The number of halogens is 1. The third kappa shape index (κ3) is 3.60. The van der Waals surface area contributed by atoms with Gasteiger partial charge in [0, 0.05) is 0 Å². The van der Waals surface area contributed by atoms with Gasteiger partial charge in [0.1, 0.15) is 5.75 Å². The number of phenols is 1. The maximum Gasteiger partial charge on any atom is 0.215 e. The third-order valence-corrected chi connectivity index (χ3v) is 2.46. The lowest BCUT2D eigenvalue weighted by molar-refractivity contribution is -0.0000120. The molecule has 4 heteroatoms. The van der Waals surface area contributed by atoms with Crippen molar-refractivity contribution in [2.45, 2.75) is 0 Å². The smallest absolute Gasteiger partial charge is 0.215 e. The summed E-state index contributed by atoms with van der Waals surface area (Å²) in [6.45, 7) is 0. The molecule has 14 heavy (non-hydrogen) atoms. The Morgan fingerprint density at radius 2 is 1.93 bits per heavy atom. The summed E-state index contributed by atoms with van der Waals surface area (Å²) >= 11 is 0. The molecule has 0 unspecified atom stereocenters. The molecule has 0 bridgehead atoms. The van der Waals surface area contributed by atoms with E-state index in [1.165, 1.54) is 6.07 Å². The van der Waals surface area contributed by atoms with Crippen LogP contribution in [0.4, 0.5) is 0 Å². The van der Waals surface area contributed by atoms with Crippen molar-refractivity contribution in [2.24, 2.45) is 0 Å². The number of carbonyl (C=O) groups is 1. The van der Waals surface area contributed by atoms with Crippen LogP contribution in [0.2, 0.25) is 0 Å².